The Labute approximate surface area is 211 Å². The number of fused-ring (bicyclic) bond motifs is 1. The summed E-state index contributed by atoms with van der Waals surface area (Å²) in [5, 5.41) is 3.45. The molecule has 0 amide bonds. The average Bonchev–Trinajstić information content (AvgIpc) is 3.30. The van der Waals surface area contributed by atoms with Crippen LogP contribution in [-0.4, -0.2) is 58.3 Å². The van der Waals surface area contributed by atoms with Crippen LogP contribution in [0.4, 0.5) is 34.8 Å². The highest BCUT2D eigenvalue weighted by molar-refractivity contribution is 7.92. The van der Waals surface area contributed by atoms with Crippen LogP contribution in [0.3, 0.4) is 0 Å². The first-order chi connectivity index (χ1) is 17.3. The van der Waals surface area contributed by atoms with E-state index in [-0.39, 0.29) is 23.4 Å². The van der Waals surface area contributed by atoms with Crippen molar-refractivity contribution < 1.29 is 36.0 Å². The minimum absolute atomic E-state index is 0.0717. The van der Waals surface area contributed by atoms with Crippen LogP contribution in [0.5, 0.6) is 11.5 Å². The van der Waals surface area contributed by atoms with Crippen molar-refractivity contribution in [3.05, 3.63) is 42.0 Å². The number of alkyl halides is 3. The number of ether oxygens (including phenoxy) is 3. The molecule has 37 heavy (non-hydrogen) atoms. The lowest BCUT2D eigenvalue weighted by Gasteiger charge is -2.21. The molecule has 1 fully saturated rings. The normalized spacial score (nSPS) is 17.0. The van der Waals surface area contributed by atoms with Crippen LogP contribution in [0.2, 0.25) is 0 Å². The molecule has 0 spiro atoms. The van der Waals surface area contributed by atoms with Crippen molar-refractivity contribution in [3.8, 4) is 11.5 Å². The number of hydrogen-bond donors (Lipinski definition) is 1. The topological polar surface area (TPSA) is 94.9 Å². The number of aromatic nitrogens is 2. The highest BCUT2D eigenvalue weighted by Gasteiger charge is 2.38. The molecule has 2 atom stereocenters. The molecule has 0 aliphatic carbocycles. The summed E-state index contributed by atoms with van der Waals surface area (Å²) < 4.78 is 86.7. The molecule has 2 heterocycles. The number of aryl methyl sites for hydroxylation is 1. The van der Waals surface area contributed by atoms with E-state index in [9.17, 15) is 21.8 Å². The molecule has 3 aromatic rings. The van der Waals surface area contributed by atoms with Crippen molar-refractivity contribution in [1.82, 2.24) is 9.97 Å². The Balaban J connectivity index is 1.83. The van der Waals surface area contributed by atoms with E-state index in [1.807, 2.05) is 0 Å². The molecule has 4 rings (SSSR count). The number of benzene rings is 2. The van der Waals surface area contributed by atoms with E-state index in [4.69, 9.17) is 14.2 Å². The van der Waals surface area contributed by atoms with Crippen molar-refractivity contribution in [2.24, 2.45) is 4.36 Å². The van der Waals surface area contributed by atoms with Crippen LogP contribution < -0.4 is 14.8 Å². The van der Waals surface area contributed by atoms with Gasteiger partial charge < -0.3 is 19.5 Å². The summed E-state index contributed by atoms with van der Waals surface area (Å²) >= 11 is 0. The monoisotopic (exact) mass is 542 g/mol. The molecule has 1 aromatic heterocycles. The maximum Gasteiger partial charge on any atom is 0.425 e. The second-order valence-electron chi connectivity index (χ2n) is 8.91. The zero-order valence-electron chi connectivity index (χ0n) is 20.6. The Hall–Kier alpha value is -3.19. The predicted octanol–water partition coefficient (Wildman–Crippen LogP) is 5.68. The molecule has 1 saturated heterocycles. The molecule has 0 bridgehead atoms. The Morgan fingerprint density at radius 3 is 2.65 bits per heavy atom. The molecule has 0 saturated carbocycles. The summed E-state index contributed by atoms with van der Waals surface area (Å²) in [6.45, 7) is 3.51. The first kappa shape index (κ1) is 26.9. The zero-order valence-corrected chi connectivity index (χ0v) is 21.4. The second kappa shape index (κ2) is 10.3. The van der Waals surface area contributed by atoms with Crippen LogP contribution >= 0.6 is 0 Å². The van der Waals surface area contributed by atoms with E-state index < -0.39 is 27.8 Å². The van der Waals surface area contributed by atoms with Gasteiger partial charge in [-0.2, -0.15) is 17.5 Å². The first-order valence-electron chi connectivity index (χ1n) is 11.3. The van der Waals surface area contributed by atoms with Crippen LogP contribution in [-0.2, 0) is 14.5 Å². The maximum absolute atomic E-state index is 13.9. The molecule has 8 nitrogen and oxygen atoms in total. The molecule has 200 valence electrons. The van der Waals surface area contributed by atoms with Gasteiger partial charge in [0.15, 0.2) is 6.10 Å². The van der Waals surface area contributed by atoms with Crippen LogP contribution in [0.25, 0.3) is 10.9 Å². The molecule has 1 aliphatic heterocycles. The largest absolute Gasteiger partial charge is 0.485 e. The third-order valence-corrected chi connectivity index (χ3v) is 6.19. The van der Waals surface area contributed by atoms with E-state index in [0.717, 1.165) is 19.1 Å². The van der Waals surface area contributed by atoms with E-state index in [1.54, 1.807) is 13.0 Å². The third-order valence-electron chi connectivity index (χ3n) is 5.55. The summed E-state index contributed by atoms with van der Waals surface area (Å²) in [7, 11) is -2.55. The Kier molecular flexibility index (Phi) is 7.47. The SMILES string of the molecule is Cc1c(OC2CCOC2)c(N=S(C)(C)=O)cc2ncnc(Nc3ccc(F)cc3O[C@H](C)C(F)(F)F)c12. The van der Waals surface area contributed by atoms with Crippen molar-refractivity contribution >= 4 is 37.8 Å². The van der Waals surface area contributed by atoms with Crippen molar-refractivity contribution in [2.45, 2.75) is 38.7 Å². The summed E-state index contributed by atoms with van der Waals surface area (Å²) in [5.74, 6) is -0.496. The van der Waals surface area contributed by atoms with Gasteiger partial charge in [0, 0.05) is 45.7 Å². The van der Waals surface area contributed by atoms with Gasteiger partial charge in [0.2, 0.25) is 0 Å². The lowest BCUT2D eigenvalue weighted by Crippen LogP contribution is -2.31. The van der Waals surface area contributed by atoms with Crippen molar-refractivity contribution in [2.75, 3.05) is 31.0 Å². The fourth-order valence-electron chi connectivity index (χ4n) is 3.78. The van der Waals surface area contributed by atoms with Gasteiger partial charge in [-0.05, 0) is 32.0 Å². The fraction of sp³-hybridized carbons (Fsp3) is 0.417. The van der Waals surface area contributed by atoms with Crippen LogP contribution in [0.1, 0.15) is 18.9 Å². The molecule has 2 aromatic carbocycles. The van der Waals surface area contributed by atoms with Crippen molar-refractivity contribution in [1.29, 1.82) is 0 Å². The molecule has 0 radical (unpaired) electrons. The number of rotatable bonds is 7. The van der Waals surface area contributed by atoms with Gasteiger partial charge in [-0.1, -0.05) is 0 Å². The molecular weight excluding hydrogens is 516 g/mol. The molecular formula is C24H26F4N4O4S. The minimum atomic E-state index is -4.64. The highest BCUT2D eigenvalue weighted by atomic mass is 32.2. The fourth-order valence-corrected chi connectivity index (χ4v) is 4.39. The van der Waals surface area contributed by atoms with Gasteiger partial charge in [-0.15, -0.1) is 0 Å². The van der Waals surface area contributed by atoms with E-state index in [2.05, 4.69) is 19.6 Å². The van der Waals surface area contributed by atoms with Crippen molar-refractivity contribution in [3.63, 3.8) is 0 Å². The quantitative estimate of drug-likeness (QED) is 0.384. The first-order valence-corrected chi connectivity index (χ1v) is 13.6. The number of hydrogen-bond acceptors (Lipinski definition) is 8. The molecule has 1 aliphatic rings. The number of anilines is 2. The molecule has 1 N–H and O–H groups in total. The van der Waals surface area contributed by atoms with Gasteiger partial charge in [-0.3, -0.25) is 0 Å². The summed E-state index contributed by atoms with van der Waals surface area (Å²) in [6.07, 6.45) is -2.13. The van der Waals surface area contributed by atoms with E-state index in [0.29, 0.717) is 47.5 Å². The van der Waals surface area contributed by atoms with Crippen LogP contribution in [0, 0.1) is 12.7 Å². The van der Waals surface area contributed by atoms with E-state index in [1.165, 1.54) is 24.9 Å². The lowest BCUT2D eigenvalue weighted by molar-refractivity contribution is -0.189. The summed E-state index contributed by atoms with van der Waals surface area (Å²) in [6, 6.07) is 4.83. The summed E-state index contributed by atoms with van der Waals surface area (Å²) in [5.41, 5.74) is 1.42. The average molecular weight is 543 g/mol. The van der Waals surface area contributed by atoms with E-state index >= 15 is 0 Å². The zero-order chi connectivity index (χ0) is 27.0. The smallest absolute Gasteiger partial charge is 0.425 e. The summed E-state index contributed by atoms with van der Waals surface area (Å²) in [4.78, 5) is 8.57. The van der Waals surface area contributed by atoms with Crippen LogP contribution in [0.15, 0.2) is 35.0 Å². The standard InChI is InChI=1S/C24H26F4N4O4S/c1-13-21-18(10-19(32-37(3,4)33)22(13)36-16-7-8-34-11-16)29-12-30-23(21)31-17-6-5-15(25)9-20(17)35-14(2)24(26,27)28/h5-6,9-10,12,14,16H,7-8,11H2,1-4H3,(H,29,30,31)/t14-,16?/m1/s1. The molecule has 1 unspecified atom stereocenters. The third kappa shape index (κ3) is 6.39. The lowest BCUT2D eigenvalue weighted by atomic mass is 10.1. The maximum atomic E-state index is 13.9. The Morgan fingerprint density at radius 1 is 1.24 bits per heavy atom. The van der Waals surface area contributed by atoms with Gasteiger partial charge in [0.25, 0.3) is 0 Å². The highest BCUT2D eigenvalue weighted by Crippen LogP contribution is 2.42. The number of nitrogens with one attached hydrogen (secondary N) is 1. The molecule has 13 heteroatoms. The van der Waals surface area contributed by atoms with Gasteiger partial charge in [0.05, 0.1) is 24.4 Å². The number of halogens is 4. The van der Waals surface area contributed by atoms with Gasteiger partial charge in [-0.25, -0.2) is 18.6 Å². The second-order valence-corrected chi connectivity index (χ2v) is 11.5. The van der Waals surface area contributed by atoms with Gasteiger partial charge >= 0.3 is 6.18 Å². The van der Waals surface area contributed by atoms with Gasteiger partial charge in [0.1, 0.15) is 41.3 Å². The predicted molar refractivity (Wildman–Crippen MR) is 132 cm³/mol. The Morgan fingerprint density at radius 2 is 2.00 bits per heavy atom. The number of nitrogens with zero attached hydrogens (tertiary/aromatic N) is 3. The Bertz CT molecular complexity index is 1430. The minimum Gasteiger partial charge on any atom is -0.485 e.